The van der Waals surface area contributed by atoms with Crippen molar-refractivity contribution < 1.29 is 19.1 Å². The number of ether oxygens (including phenoxy) is 2. The minimum atomic E-state index is -1.74. The number of para-hydroxylation sites is 1. The molecule has 0 saturated carbocycles. The zero-order valence-electron chi connectivity index (χ0n) is 12.5. The zero-order chi connectivity index (χ0) is 15.5. The van der Waals surface area contributed by atoms with Crippen molar-refractivity contribution in [3.05, 3.63) is 42.0 Å². The second kappa shape index (κ2) is 6.10. The van der Waals surface area contributed by atoms with Crippen LogP contribution < -0.4 is 4.90 Å². The third kappa shape index (κ3) is 2.34. The topological polar surface area (TPSA) is 55.8 Å². The summed E-state index contributed by atoms with van der Waals surface area (Å²) >= 11 is 0. The van der Waals surface area contributed by atoms with Gasteiger partial charge in [0.05, 0.1) is 18.9 Å². The number of ketones is 1. The van der Waals surface area contributed by atoms with Crippen molar-refractivity contribution in [1.29, 1.82) is 0 Å². The maximum absolute atomic E-state index is 12.7. The molecule has 1 heterocycles. The van der Waals surface area contributed by atoms with Gasteiger partial charge in [0.2, 0.25) is 5.78 Å². The van der Waals surface area contributed by atoms with Crippen molar-refractivity contribution in [2.45, 2.75) is 19.6 Å². The van der Waals surface area contributed by atoms with Crippen molar-refractivity contribution in [2.24, 2.45) is 0 Å². The number of hydrogen-bond donors (Lipinski definition) is 0. The highest BCUT2D eigenvalue weighted by molar-refractivity contribution is 6.23. The molecule has 0 fully saturated rings. The summed E-state index contributed by atoms with van der Waals surface area (Å²) in [6.45, 7) is 3.88. The number of fused-ring (bicyclic) bond motifs is 1. The number of allylic oxidation sites excluding steroid dienone is 1. The van der Waals surface area contributed by atoms with E-state index in [0.29, 0.717) is 11.3 Å². The second-order valence-electron chi connectivity index (χ2n) is 4.65. The Balaban J connectivity index is 2.46. The fourth-order valence-electron chi connectivity index (χ4n) is 2.41. The van der Waals surface area contributed by atoms with Crippen LogP contribution in [0.4, 0.5) is 5.69 Å². The van der Waals surface area contributed by atoms with E-state index < -0.39 is 11.7 Å². The van der Waals surface area contributed by atoms with E-state index in [1.807, 2.05) is 13.0 Å². The molecule has 1 aromatic rings. The van der Waals surface area contributed by atoms with E-state index >= 15 is 0 Å². The quantitative estimate of drug-likeness (QED) is 0.472. The molecule has 5 nitrogen and oxygen atoms in total. The van der Waals surface area contributed by atoms with Crippen LogP contribution in [0, 0.1) is 0 Å². The lowest BCUT2D eigenvalue weighted by molar-refractivity contribution is -0.163. The first-order chi connectivity index (χ1) is 10.1. The van der Waals surface area contributed by atoms with Gasteiger partial charge in [0.1, 0.15) is 0 Å². The van der Waals surface area contributed by atoms with E-state index in [1.165, 1.54) is 0 Å². The number of benzene rings is 1. The van der Waals surface area contributed by atoms with Crippen LogP contribution in [0.15, 0.2) is 36.4 Å². The monoisotopic (exact) mass is 289 g/mol. The van der Waals surface area contributed by atoms with Gasteiger partial charge in [0.25, 0.3) is 0 Å². The lowest BCUT2D eigenvalue weighted by atomic mass is 10.1. The molecule has 1 aromatic carbocycles. The van der Waals surface area contributed by atoms with Crippen LogP contribution in [0.25, 0.3) is 0 Å². The van der Waals surface area contributed by atoms with Gasteiger partial charge in [-0.25, -0.2) is 4.79 Å². The van der Waals surface area contributed by atoms with Crippen molar-refractivity contribution in [2.75, 3.05) is 25.2 Å². The van der Waals surface area contributed by atoms with Gasteiger partial charge in [-0.05, 0) is 26.0 Å². The maximum atomic E-state index is 12.7. The Labute approximate surface area is 124 Å². The standard InChI is InChI=1S/C16H19NO4/c1-4-6-11-21-16(15(19)20-5-2)14(18)12-9-7-8-10-13(12)17(16)3/h4,6-10H,5,11H2,1-3H3. The predicted molar refractivity (Wildman–Crippen MR) is 79.3 cm³/mol. The molecule has 1 aliphatic heterocycles. The summed E-state index contributed by atoms with van der Waals surface area (Å²) in [5.74, 6) is -1.07. The minimum absolute atomic E-state index is 0.152. The molecule has 21 heavy (non-hydrogen) atoms. The van der Waals surface area contributed by atoms with Crippen LogP contribution >= 0.6 is 0 Å². The molecular weight excluding hydrogens is 270 g/mol. The number of hydrogen-bond acceptors (Lipinski definition) is 5. The molecule has 2 rings (SSSR count). The van der Waals surface area contributed by atoms with Crippen molar-refractivity contribution in [3.63, 3.8) is 0 Å². The van der Waals surface area contributed by atoms with Crippen LogP contribution in [0.1, 0.15) is 24.2 Å². The van der Waals surface area contributed by atoms with Gasteiger partial charge in [-0.3, -0.25) is 4.79 Å². The van der Waals surface area contributed by atoms with E-state index in [0.717, 1.165) is 0 Å². The van der Waals surface area contributed by atoms with E-state index in [2.05, 4.69) is 0 Å². The second-order valence-corrected chi connectivity index (χ2v) is 4.65. The van der Waals surface area contributed by atoms with Crippen LogP contribution in [0.2, 0.25) is 0 Å². The minimum Gasteiger partial charge on any atom is -0.462 e. The number of anilines is 1. The lowest BCUT2D eigenvalue weighted by Gasteiger charge is -2.32. The molecule has 0 amide bonds. The Kier molecular flexibility index (Phi) is 4.43. The van der Waals surface area contributed by atoms with Gasteiger partial charge in [0.15, 0.2) is 0 Å². The summed E-state index contributed by atoms with van der Waals surface area (Å²) < 4.78 is 10.7. The highest BCUT2D eigenvalue weighted by atomic mass is 16.6. The predicted octanol–water partition coefficient (Wildman–Crippen LogP) is 2.17. The molecule has 112 valence electrons. The SMILES string of the molecule is CC=CCOC1(C(=O)OCC)C(=O)c2ccccc2N1C. The Morgan fingerprint density at radius 1 is 1.38 bits per heavy atom. The Morgan fingerprint density at radius 3 is 2.71 bits per heavy atom. The van der Waals surface area contributed by atoms with Crippen LogP contribution in [-0.4, -0.2) is 37.7 Å². The van der Waals surface area contributed by atoms with Crippen LogP contribution in [-0.2, 0) is 14.3 Å². The molecule has 0 aliphatic carbocycles. The maximum Gasteiger partial charge on any atom is 0.368 e. The summed E-state index contributed by atoms with van der Waals surface area (Å²) in [5.41, 5.74) is -0.608. The van der Waals surface area contributed by atoms with Gasteiger partial charge in [-0.1, -0.05) is 24.3 Å². The largest absolute Gasteiger partial charge is 0.462 e. The third-order valence-corrected chi connectivity index (χ3v) is 3.47. The Bertz CT molecular complexity index is 581. The van der Waals surface area contributed by atoms with Gasteiger partial charge < -0.3 is 14.4 Å². The summed E-state index contributed by atoms with van der Waals surface area (Å²) in [7, 11) is 1.66. The van der Waals surface area contributed by atoms with Gasteiger partial charge in [0, 0.05) is 12.6 Å². The summed E-state index contributed by atoms with van der Waals surface area (Å²) in [6, 6.07) is 7.05. The Hall–Kier alpha value is -2.14. The van der Waals surface area contributed by atoms with Gasteiger partial charge >= 0.3 is 11.7 Å². The van der Waals surface area contributed by atoms with E-state index in [1.54, 1.807) is 49.2 Å². The average Bonchev–Trinajstić information content (AvgIpc) is 2.71. The highest BCUT2D eigenvalue weighted by Crippen LogP contribution is 2.39. The molecule has 5 heteroatoms. The molecule has 1 aliphatic rings. The number of esters is 1. The average molecular weight is 289 g/mol. The van der Waals surface area contributed by atoms with Crippen molar-refractivity contribution in [3.8, 4) is 0 Å². The number of Topliss-reactive ketones (excluding diaryl/α,β-unsaturated/α-hetero) is 1. The number of rotatable bonds is 5. The number of carbonyl (C=O) groups excluding carboxylic acids is 2. The van der Waals surface area contributed by atoms with Gasteiger partial charge in [-0.15, -0.1) is 0 Å². The van der Waals surface area contributed by atoms with Crippen molar-refractivity contribution >= 4 is 17.4 Å². The van der Waals surface area contributed by atoms with Crippen LogP contribution in [0.5, 0.6) is 0 Å². The van der Waals surface area contributed by atoms with E-state index in [-0.39, 0.29) is 19.0 Å². The summed E-state index contributed by atoms with van der Waals surface area (Å²) in [5, 5.41) is 0. The number of nitrogens with zero attached hydrogens (tertiary/aromatic N) is 1. The molecule has 0 aromatic heterocycles. The molecule has 0 spiro atoms. The molecule has 0 radical (unpaired) electrons. The summed E-state index contributed by atoms with van der Waals surface area (Å²) in [6.07, 6.45) is 3.54. The number of carbonyl (C=O) groups is 2. The third-order valence-electron chi connectivity index (χ3n) is 3.47. The first-order valence-corrected chi connectivity index (χ1v) is 6.89. The summed E-state index contributed by atoms with van der Waals surface area (Å²) in [4.78, 5) is 26.7. The molecule has 1 unspecified atom stereocenters. The van der Waals surface area contributed by atoms with E-state index in [4.69, 9.17) is 9.47 Å². The molecule has 0 bridgehead atoms. The lowest BCUT2D eigenvalue weighted by Crippen LogP contribution is -2.58. The zero-order valence-corrected chi connectivity index (χ0v) is 12.5. The fourth-order valence-corrected chi connectivity index (χ4v) is 2.41. The van der Waals surface area contributed by atoms with Crippen molar-refractivity contribution in [1.82, 2.24) is 0 Å². The highest BCUT2D eigenvalue weighted by Gasteiger charge is 2.58. The molecule has 0 N–H and O–H groups in total. The van der Waals surface area contributed by atoms with E-state index in [9.17, 15) is 9.59 Å². The number of likely N-dealkylation sites (N-methyl/N-ethyl adjacent to an activating group) is 1. The fraction of sp³-hybridized carbons (Fsp3) is 0.375. The first kappa shape index (κ1) is 15.3. The normalized spacial score (nSPS) is 20.9. The molecule has 1 atom stereocenters. The first-order valence-electron chi connectivity index (χ1n) is 6.89. The van der Waals surface area contributed by atoms with Gasteiger partial charge in [-0.2, -0.15) is 0 Å². The van der Waals surface area contributed by atoms with Crippen LogP contribution in [0.3, 0.4) is 0 Å². The molecule has 0 saturated heterocycles. The molecular formula is C16H19NO4. The Morgan fingerprint density at radius 2 is 2.10 bits per heavy atom. The smallest absolute Gasteiger partial charge is 0.368 e.